The Labute approximate surface area is 128 Å². The number of ether oxygens (including phenoxy) is 1. The van der Waals surface area contributed by atoms with Gasteiger partial charge in [0.05, 0.1) is 0 Å². The number of alkyl halides is 7. The van der Waals surface area contributed by atoms with Gasteiger partial charge in [0.25, 0.3) is 0 Å². The summed E-state index contributed by atoms with van der Waals surface area (Å²) in [5.41, 5.74) is -0.0722. The molecule has 124 valence electrons. The predicted molar refractivity (Wildman–Crippen MR) is 62.2 cm³/mol. The molecule has 1 rings (SSSR count). The molecule has 0 aliphatic rings. The molecule has 22 heavy (non-hydrogen) atoms. The third kappa shape index (κ3) is 3.75. The van der Waals surface area contributed by atoms with E-state index in [-0.39, 0.29) is 15.6 Å². The standard InChI is InChI=1S/C11H5Cl2F7O2/c12-6-1-5(2-7(13)3-6)4-22-8(21)9(14,15)10(16,17)11(18,19)20/h1-3H,4H2. The van der Waals surface area contributed by atoms with Gasteiger partial charge in [0.2, 0.25) is 0 Å². The van der Waals surface area contributed by atoms with Crippen molar-refractivity contribution in [1.29, 1.82) is 0 Å². The van der Waals surface area contributed by atoms with E-state index in [1.54, 1.807) is 0 Å². The fourth-order valence-corrected chi connectivity index (χ4v) is 1.81. The van der Waals surface area contributed by atoms with Crippen molar-refractivity contribution in [1.82, 2.24) is 0 Å². The minimum absolute atomic E-state index is 0.0194. The fourth-order valence-electron chi connectivity index (χ4n) is 1.24. The molecule has 0 N–H and O–H groups in total. The first-order valence-corrected chi connectivity index (χ1v) is 5.99. The summed E-state index contributed by atoms with van der Waals surface area (Å²) < 4.78 is 90.6. The highest BCUT2D eigenvalue weighted by Gasteiger charge is 2.77. The van der Waals surface area contributed by atoms with E-state index in [4.69, 9.17) is 23.2 Å². The third-order valence-electron chi connectivity index (χ3n) is 2.30. The van der Waals surface area contributed by atoms with Crippen LogP contribution in [0.3, 0.4) is 0 Å². The Kier molecular flexibility index (Phi) is 5.23. The van der Waals surface area contributed by atoms with Crippen LogP contribution >= 0.6 is 23.2 Å². The Bertz CT molecular complexity index is 552. The van der Waals surface area contributed by atoms with Crippen LogP contribution in [0, 0.1) is 0 Å². The second kappa shape index (κ2) is 6.11. The predicted octanol–water partition coefficient (Wildman–Crippen LogP) is 4.87. The molecule has 0 radical (unpaired) electrons. The first kappa shape index (κ1) is 18.8. The van der Waals surface area contributed by atoms with Crippen LogP contribution in [0.4, 0.5) is 30.7 Å². The van der Waals surface area contributed by atoms with Crippen LogP contribution < -0.4 is 0 Å². The van der Waals surface area contributed by atoms with Gasteiger partial charge in [0.1, 0.15) is 6.61 Å². The molecule has 11 heteroatoms. The number of halogens is 9. The highest BCUT2D eigenvalue weighted by Crippen LogP contribution is 2.47. The Morgan fingerprint density at radius 1 is 0.955 bits per heavy atom. The average Bonchev–Trinajstić information content (AvgIpc) is 2.33. The molecule has 0 saturated carbocycles. The molecule has 1 aromatic carbocycles. The molecule has 0 spiro atoms. The zero-order valence-corrected chi connectivity index (χ0v) is 11.7. The van der Waals surface area contributed by atoms with Gasteiger partial charge in [-0.3, -0.25) is 0 Å². The lowest BCUT2D eigenvalue weighted by Gasteiger charge is -2.26. The molecule has 1 aromatic rings. The molecule has 0 aliphatic heterocycles. The quantitative estimate of drug-likeness (QED) is 0.556. The molecule has 0 unspecified atom stereocenters. The lowest BCUT2D eigenvalue weighted by atomic mass is 10.1. The maximum Gasteiger partial charge on any atom is 0.460 e. The van der Waals surface area contributed by atoms with Gasteiger partial charge in [0.15, 0.2) is 0 Å². The zero-order chi connectivity index (χ0) is 17.3. The number of esters is 1. The van der Waals surface area contributed by atoms with Crippen molar-refractivity contribution in [2.45, 2.75) is 24.6 Å². The minimum atomic E-state index is -6.62. The van der Waals surface area contributed by atoms with Crippen LogP contribution in [0.1, 0.15) is 5.56 Å². The van der Waals surface area contributed by atoms with Gasteiger partial charge in [-0.1, -0.05) is 23.2 Å². The Morgan fingerprint density at radius 2 is 1.41 bits per heavy atom. The Hall–Kier alpha value is -1.22. The third-order valence-corrected chi connectivity index (χ3v) is 2.74. The monoisotopic (exact) mass is 372 g/mol. The number of hydrogen-bond donors (Lipinski definition) is 0. The Morgan fingerprint density at radius 3 is 1.82 bits per heavy atom. The molecule has 0 aromatic heterocycles. The summed E-state index contributed by atoms with van der Waals surface area (Å²) in [7, 11) is 0. The summed E-state index contributed by atoms with van der Waals surface area (Å²) in [6, 6.07) is 3.43. The summed E-state index contributed by atoms with van der Waals surface area (Å²) in [5, 5.41) is 0.0388. The molecule has 0 fully saturated rings. The van der Waals surface area contributed by atoms with Crippen molar-refractivity contribution >= 4 is 29.2 Å². The normalized spacial score (nSPS) is 13.1. The first-order chi connectivity index (χ1) is 9.79. The van der Waals surface area contributed by atoms with Crippen LogP contribution in [0.2, 0.25) is 10.0 Å². The van der Waals surface area contributed by atoms with E-state index in [0.717, 1.165) is 12.1 Å². The maximum atomic E-state index is 13.0. The summed E-state index contributed by atoms with van der Waals surface area (Å²) in [6.45, 7) is -1.01. The number of carbonyl (C=O) groups is 1. The van der Waals surface area contributed by atoms with E-state index < -0.39 is 30.6 Å². The SMILES string of the molecule is O=C(OCc1cc(Cl)cc(Cl)c1)C(F)(F)C(F)(F)C(F)(F)F. The second-order valence-corrected chi connectivity index (χ2v) is 4.87. The molecule has 0 heterocycles. The summed E-state index contributed by atoms with van der Waals surface area (Å²) in [5.74, 6) is -15.7. The van der Waals surface area contributed by atoms with Crippen molar-refractivity contribution in [3.63, 3.8) is 0 Å². The molecule has 0 amide bonds. The van der Waals surface area contributed by atoms with Gasteiger partial charge in [-0.25, -0.2) is 4.79 Å². The van der Waals surface area contributed by atoms with E-state index in [1.165, 1.54) is 6.07 Å². The molecule has 0 aliphatic carbocycles. The molecule has 2 nitrogen and oxygen atoms in total. The second-order valence-electron chi connectivity index (χ2n) is 4.00. The van der Waals surface area contributed by atoms with Gasteiger partial charge in [-0.2, -0.15) is 30.7 Å². The van der Waals surface area contributed by atoms with Crippen LogP contribution in [-0.4, -0.2) is 24.0 Å². The summed E-state index contributed by atoms with van der Waals surface area (Å²) in [6.07, 6.45) is -6.62. The highest BCUT2D eigenvalue weighted by molar-refractivity contribution is 6.34. The van der Waals surface area contributed by atoms with E-state index >= 15 is 0 Å². The van der Waals surface area contributed by atoms with E-state index in [9.17, 15) is 35.5 Å². The van der Waals surface area contributed by atoms with Crippen LogP contribution in [0.15, 0.2) is 18.2 Å². The maximum absolute atomic E-state index is 13.0. The summed E-state index contributed by atoms with van der Waals surface area (Å²) in [4.78, 5) is 10.9. The lowest BCUT2D eigenvalue weighted by Crippen LogP contribution is -2.56. The number of benzene rings is 1. The first-order valence-electron chi connectivity index (χ1n) is 5.23. The molecule has 0 saturated heterocycles. The van der Waals surface area contributed by atoms with E-state index in [0.29, 0.717) is 0 Å². The van der Waals surface area contributed by atoms with Gasteiger partial charge in [-0.15, -0.1) is 0 Å². The average molecular weight is 373 g/mol. The number of hydrogen-bond acceptors (Lipinski definition) is 2. The molecular formula is C11H5Cl2F7O2. The van der Waals surface area contributed by atoms with Crippen molar-refractivity contribution in [2.75, 3.05) is 0 Å². The molecule has 0 atom stereocenters. The Balaban J connectivity index is 2.88. The summed E-state index contributed by atoms with van der Waals surface area (Å²) >= 11 is 11.1. The minimum Gasteiger partial charge on any atom is -0.456 e. The molecular weight excluding hydrogens is 368 g/mol. The van der Waals surface area contributed by atoms with Crippen LogP contribution in [-0.2, 0) is 16.1 Å². The van der Waals surface area contributed by atoms with Crippen molar-refractivity contribution in [3.05, 3.63) is 33.8 Å². The van der Waals surface area contributed by atoms with Crippen LogP contribution in [0.25, 0.3) is 0 Å². The van der Waals surface area contributed by atoms with Crippen molar-refractivity contribution in [2.24, 2.45) is 0 Å². The topological polar surface area (TPSA) is 26.3 Å². The lowest BCUT2D eigenvalue weighted by molar-refractivity contribution is -0.348. The van der Waals surface area contributed by atoms with E-state index in [2.05, 4.69) is 4.74 Å². The van der Waals surface area contributed by atoms with Gasteiger partial charge < -0.3 is 4.74 Å². The van der Waals surface area contributed by atoms with Crippen molar-refractivity contribution in [3.8, 4) is 0 Å². The van der Waals surface area contributed by atoms with Gasteiger partial charge in [-0.05, 0) is 23.8 Å². The number of carbonyl (C=O) groups excluding carboxylic acids is 1. The largest absolute Gasteiger partial charge is 0.460 e. The zero-order valence-electron chi connectivity index (χ0n) is 10.2. The van der Waals surface area contributed by atoms with Crippen LogP contribution in [0.5, 0.6) is 0 Å². The smallest absolute Gasteiger partial charge is 0.456 e. The van der Waals surface area contributed by atoms with Gasteiger partial charge >= 0.3 is 24.0 Å². The van der Waals surface area contributed by atoms with Crippen molar-refractivity contribution < 1.29 is 40.3 Å². The fraction of sp³-hybridized carbons (Fsp3) is 0.364. The number of rotatable bonds is 4. The molecule has 0 bridgehead atoms. The van der Waals surface area contributed by atoms with Gasteiger partial charge in [0, 0.05) is 10.0 Å². The highest BCUT2D eigenvalue weighted by atomic mass is 35.5. The van der Waals surface area contributed by atoms with E-state index in [1.807, 2.05) is 0 Å².